The molecule has 0 saturated heterocycles. The average molecular weight is 379 g/mol. The van der Waals surface area contributed by atoms with Crippen LogP contribution in [0, 0.1) is 0 Å². The lowest BCUT2D eigenvalue weighted by atomic mass is 10.3. The number of hydrogen-bond acceptors (Lipinski definition) is 5. The van der Waals surface area contributed by atoms with Gasteiger partial charge in [0, 0.05) is 19.2 Å². The highest BCUT2D eigenvalue weighted by molar-refractivity contribution is 7.89. The number of amides is 1. The van der Waals surface area contributed by atoms with E-state index in [9.17, 15) is 13.2 Å². The summed E-state index contributed by atoms with van der Waals surface area (Å²) in [7, 11) is -2.09. The first-order valence-corrected chi connectivity index (χ1v) is 9.24. The van der Waals surface area contributed by atoms with E-state index in [2.05, 4.69) is 10.0 Å². The van der Waals surface area contributed by atoms with Gasteiger partial charge in [-0.15, -0.1) is 0 Å². The Bertz CT molecular complexity index is 664. The molecule has 1 amide bonds. The lowest BCUT2D eigenvalue weighted by molar-refractivity contribution is -0.124. The first-order chi connectivity index (χ1) is 11.2. The summed E-state index contributed by atoms with van der Waals surface area (Å²) in [4.78, 5) is 11.8. The van der Waals surface area contributed by atoms with Crippen LogP contribution in [0.4, 0.5) is 0 Å². The third kappa shape index (κ3) is 6.64. The second-order valence-corrected chi connectivity index (χ2v) is 7.70. The van der Waals surface area contributed by atoms with Gasteiger partial charge in [0.05, 0.1) is 16.5 Å². The summed E-state index contributed by atoms with van der Waals surface area (Å²) in [5.41, 5.74) is 0. The number of halogens is 1. The van der Waals surface area contributed by atoms with Crippen LogP contribution in [0.3, 0.4) is 0 Å². The average Bonchev–Trinajstić information content (AvgIpc) is 2.44. The molecule has 0 heterocycles. The molecule has 0 spiro atoms. The Hall–Kier alpha value is -1.35. The van der Waals surface area contributed by atoms with E-state index in [4.69, 9.17) is 21.1 Å². The van der Waals surface area contributed by atoms with Crippen LogP contribution in [-0.4, -0.2) is 46.7 Å². The van der Waals surface area contributed by atoms with Crippen molar-refractivity contribution in [2.75, 3.05) is 20.3 Å². The van der Waals surface area contributed by atoms with Crippen LogP contribution in [-0.2, 0) is 19.6 Å². The van der Waals surface area contributed by atoms with Crippen molar-refractivity contribution >= 4 is 27.5 Å². The van der Waals surface area contributed by atoms with Crippen molar-refractivity contribution in [3.8, 4) is 5.75 Å². The summed E-state index contributed by atoms with van der Waals surface area (Å²) in [6, 6.07) is 3.70. The zero-order valence-electron chi connectivity index (χ0n) is 14.1. The first kappa shape index (κ1) is 20.7. The standard InChI is InChI=1S/C15H23ClN2O5S/c1-10(2)18-24(20,21)12-5-6-14(13(16)7-12)23-9-15(19)17-11(3)8-22-4/h5-7,10-11,18H,8-9H2,1-4H3,(H,17,19)/t11-/m0/s1. The number of carbonyl (C=O) groups is 1. The Morgan fingerprint density at radius 2 is 1.96 bits per heavy atom. The Balaban J connectivity index is 2.71. The molecule has 7 nitrogen and oxygen atoms in total. The van der Waals surface area contributed by atoms with E-state index in [1.807, 2.05) is 0 Å². The molecule has 0 unspecified atom stereocenters. The van der Waals surface area contributed by atoms with Crippen molar-refractivity contribution in [1.82, 2.24) is 10.0 Å². The molecule has 1 aromatic carbocycles. The molecule has 0 aliphatic carbocycles. The molecule has 9 heteroatoms. The molecule has 1 atom stereocenters. The lowest BCUT2D eigenvalue weighted by Crippen LogP contribution is -2.38. The Morgan fingerprint density at radius 1 is 1.29 bits per heavy atom. The van der Waals surface area contributed by atoms with Gasteiger partial charge in [-0.3, -0.25) is 4.79 Å². The van der Waals surface area contributed by atoms with Crippen molar-refractivity contribution in [1.29, 1.82) is 0 Å². The number of sulfonamides is 1. The number of methoxy groups -OCH3 is 1. The maximum absolute atomic E-state index is 12.1. The van der Waals surface area contributed by atoms with Crippen LogP contribution >= 0.6 is 11.6 Å². The minimum Gasteiger partial charge on any atom is -0.482 e. The molecular weight excluding hydrogens is 356 g/mol. The van der Waals surface area contributed by atoms with Crippen LogP contribution < -0.4 is 14.8 Å². The molecule has 0 radical (unpaired) electrons. The third-order valence-corrected chi connectivity index (χ3v) is 4.74. The Labute approximate surface area is 147 Å². The third-order valence-electron chi connectivity index (χ3n) is 2.79. The zero-order valence-corrected chi connectivity index (χ0v) is 15.7. The van der Waals surface area contributed by atoms with E-state index in [1.165, 1.54) is 18.2 Å². The van der Waals surface area contributed by atoms with Crippen LogP contribution in [0.2, 0.25) is 5.02 Å². The number of rotatable bonds is 9. The predicted molar refractivity (Wildman–Crippen MR) is 91.9 cm³/mol. The molecule has 24 heavy (non-hydrogen) atoms. The molecule has 0 aliphatic rings. The molecule has 2 N–H and O–H groups in total. The van der Waals surface area contributed by atoms with Crippen molar-refractivity contribution < 1.29 is 22.7 Å². The van der Waals surface area contributed by atoms with E-state index in [-0.39, 0.29) is 40.3 Å². The van der Waals surface area contributed by atoms with Gasteiger partial charge in [0.2, 0.25) is 10.0 Å². The SMILES string of the molecule is COC[C@H](C)NC(=O)COc1ccc(S(=O)(=O)NC(C)C)cc1Cl. The number of carbonyl (C=O) groups excluding carboxylic acids is 1. The minimum atomic E-state index is -3.64. The summed E-state index contributed by atoms with van der Waals surface area (Å²) < 4.78 is 36.8. The fourth-order valence-electron chi connectivity index (χ4n) is 1.90. The van der Waals surface area contributed by atoms with Crippen LogP contribution in [0.25, 0.3) is 0 Å². The van der Waals surface area contributed by atoms with E-state index in [0.29, 0.717) is 6.61 Å². The molecule has 0 saturated carbocycles. The van der Waals surface area contributed by atoms with E-state index in [1.54, 1.807) is 27.9 Å². The van der Waals surface area contributed by atoms with Crippen molar-refractivity contribution in [3.05, 3.63) is 23.2 Å². The smallest absolute Gasteiger partial charge is 0.258 e. The van der Waals surface area contributed by atoms with Crippen LogP contribution in [0.1, 0.15) is 20.8 Å². The van der Waals surface area contributed by atoms with E-state index >= 15 is 0 Å². The molecule has 0 fully saturated rings. The molecule has 1 rings (SSSR count). The normalized spacial score (nSPS) is 12.9. The van der Waals surface area contributed by atoms with Gasteiger partial charge in [0.1, 0.15) is 5.75 Å². The van der Waals surface area contributed by atoms with E-state index < -0.39 is 10.0 Å². The maximum atomic E-state index is 12.1. The van der Waals surface area contributed by atoms with Gasteiger partial charge in [-0.2, -0.15) is 0 Å². The molecule has 0 aromatic heterocycles. The fourth-order valence-corrected chi connectivity index (χ4v) is 3.47. The second-order valence-electron chi connectivity index (χ2n) is 5.58. The molecule has 1 aromatic rings. The summed E-state index contributed by atoms with van der Waals surface area (Å²) in [5, 5.41) is 2.80. The topological polar surface area (TPSA) is 93.7 Å². The highest BCUT2D eigenvalue weighted by Gasteiger charge is 2.17. The number of nitrogens with one attached hydrogen (secondary N) is 2. The molecule has 0 aliphatic heterocycles. The summed E-state index contributed by atoms with van der Waals surface area (Å²) in [5.74, 6) is -0.0940. The van der Waals surface area contributed by atoms with Crippen molar-refractivity contribution in [2.45, 2.75) is 37.8 Å². The van der Waals surface area contributed by atoms with Crippen molar-refractivity contribution in [3.63, 3.8) is 0 Å². The Kier molecular flexibility index (Phi) is 7.95. The predicted octanol–water partition coefficient (Wildman–Crippen LogP) is 1.56. The number of ether oxygens (including phenoxy) is 2. The Morgan fingerprint density at radius 3 is 2.50 bits per heavy atom. The van der Waals surface area contributed by atoms with Crippen molar-refractivity contribution in [2.24, 2.45) is 0 Å². The van der Waals surface area contributed by atoms with Gasteiger partial charge in [-0.05, 0) is 39.0 Å². The quantitative estimate of drug-likeness (QED) is 0.680. The lowest BCUT2D eigenvalue weighted by Gasteiger charge is -2.14. The molecular formula is C15H23ClN2O5S. The van der Waals surface area contributed by atoms with Crippen LogP contribution in [0.5, 0.6) is 5.75 Å². The summed E-state index contributed by atoms with van der Waals surface area (Å²) >= 11 is 6.04. The summed E-state index contributed by atoms with van der Waals surface area (Å²) in [6.07, 6.45) is 0. The molecule has 136 valence electrons. The largest absolute Gasteiger partial charge is 0.482 e. The van der Waals surface area contributed by atoms with Gasteiger partial charge in [0.15, 0.2) is 6.61 Å². The maximum Gasteiger partial charge on any atom is 0.258 e. The van der Waals surface area contributed by atoms with Crippen LogP contribution in [0.15, 0.2) is 23.1 Å². The highest BCUT2D eigenvalue weighted by Crippen LogP contribution is 2.27. The van der Waals surface area contributed by atoms with Gasteiger partial charge >= 0.3 is 0 Å². The van der Waals surface area contributed by atoms with E-state index in [0.717, 1.165) is 0 Å². The second kappa shape index (κ2) is 9.22. The molecule has 0 bridgehead atoms. The van der Waals surface area contributed by atoms with Gasteiger partial charge in [0.25, 0.3) is 5.91 Å². The number of hydrogen-bond donors (Lipinski definition) is 2. The number of benzene rings is 1. The van der Waals surface area contributed by atoms with Gasteiger partial charge in [-0.25, -0.2) is 13.1 Å². The van der Waals surface area contributed by atoms with Gasteiger partial charge < -0.3 is 14.8 Å². The highest BCUT2D eigenvalue weighted by atomic mass is 35.5. The minimum absolute atomic E-state index is 0.0340. The first-order valence-electron chi connectivity index (χ1n) is 7.38. The fraction of sp³-hybridized carbons (Fsp3) is 0.533. The monoisotopic (exact) mass is 378 g/mol. The van der Waals surface area contributed by atoms with Gasteiger partial charge in [-0.1, -0.05) is 11.6 Å². The zero-order chi connectivity index (χ0) is 18.3. The summed E-state index contributed by atoms with van der Waals surface area (Å²) in [6.45, 7) is 5.40.